The molecule has 0 aliphatic rings. The lowest BCUT2D eigenvalue weighted by Gasteiger charge is -2.19. The second-order valence-corrected chi connectivity index (χ2v) is 13.8. The number of hydrogen-bond donors (Lipinski definition) is 0. The SMILES string of the molecule is CC(C)(C)c1ccc(-c2cccc(Oc3cc(-c4cc(C(C)(C)C)ccn4)c4sc5cccc6oc3c4c65)c2)nc1. The van der Waals surface area contributed by atoms with Crippen LogP contribution in [-0.4, -0.2) is 9.97 Å². The van der Waals surface area contributed by atoms with Gasteiger partial charge in [0, 0.05) is 38.3 Å². The van der Waals surface area contributed by atoms with Crippen molar-refractivity contribution in [3.8, 4) is 34.0 Å². The number of hydrogen-bond acceptors (Lipinski definition) is 5. The van der Waals surface area contributed by atoms with E-state index in [1.54, 1.807) is 11.3 Å². The van der Waals surface area contributed by atoms with E-state index < -0.39 is 0 Å². The highest BCUT2D eigenvalue weighted by atomic mass is 32.1. The van der Waals surface area contributed by atoms with Gasteiger partial charge in [-0.3, -0.25) is 9.97 Å². The number of rotatable bonds is 4. The van der Waals surface area contributed by atoms with Crippen molar-refractivity contribution in [1.82, 2.24) is 9.97 Å². The summed E-state index contributed by atoms with van der Waals surface area (Å²) in [5, 5.41) is 2.25. The molecular formula is C36H32N2O2S. The Hall–Kier alpha value is -4.22. The van der Waals surface area contributed by atoms with Crippen molar-refractivity contribution in [3.63, 3.8) is 0 Å². The van der Waals surface area contributed by atoms with Crippen molar-refractivity contribution < 1.29 is 9.15 Å². The maximum atomic E-state index is 6.64. The average Bonchev–Trinajstić information content (AvgIpc) is 3.54. The molecular weight excluding hydrogens is 524 g/mol. The van der Waals surface area contributed by atoms with Gasteiger partial charge < -0.3 is 9.15 Å². The topological polar surface area (TPSA) is 48.2 Å². The molecule has 41 heavy (non-hydrogen) atoms. The van der Waals surface area contributed by atoms with Crippen LogP contribution in [0.3, 0.4) is 0 Å². The highest BCUT2D eigenvalue weighted by molar-refractivity contribution is 7.26. The summed E-state index contributed by atoms with van der Waals surface area (Å²) in [6.07, 6.45) is 3.88. The van der Waals surface area contributed by atoms with Crippen molar-refractivity contribution in [2.24, 2.45) is 0 Å². The molecule has 4 heterocycles. The number of thiophene rings is 1. The van der Waals surface area contributed by atoms with Gasteiger partial charge in [0.2, 0.25) is 0 Å². The van der Waals surface area contributed by atoms with E-state index in [4.69, 9.17) is 19.1 Å². The number of pyridine rings is 2. The molecule has 7 rings (SSSR count). The van der Waals surface area contributed by atoms with Crippen molar-refractivity contribution in [3.05, 3.63) is 96.3 Å². The summed E-state index contributed by atoms with van der Waals surface area (Å²) in [5.41, 5.74) is 8.07. The van der Waals surface area contributed by atoms with Crippen LogP contribution >= 0.6 is 11.3 Å². The summed E-state index contributed by atoms with van der Waals surface area (Å²) in [7, 11) is 0. The summed E-state index contributed by atoms with van der Waals surface area (Å²) in [5.74, 6) is 1.41. The highest BCUT2D eigenvalue weighted by Gasteiger charge is 2.25. The van der Waals surface area contributed by atoms with E-state index in [1.807, 2.05) is 36.7 Å². The highest BCUT2D eigenvalue weighted by Crippen LogP contribution is 2.50. The lowest BCUT2D eigenvalue weighted by atomic mass is 9.87. The molecule has 5 heteroatoms. The average molecular weight is 557 g/mol. The smallest absolute Gasteiger partial charge is 0.179 e. The third-order valence-corrected chi connectivity index (χ3v) is 8.94. The Morgan fingerprint density at radius 2 is 1.54 bits per heavy atom. The monoisotopic (exact) mass is 556 g/mol. The molecule has 4 nitrogen and oxygen atoms in total. The molecule has 0 unspecified atom stereocenters. The van der Waals surface area contributed by atoms with Crippen LogP contribution in [0.5, 0.6) is 11.5 Å². The first-order valence-corrected chi connectivity index (χ1v) is 14.8. The van der Waals surface area contributed by atoms with Gasteiger partial charge in [-0.05, 0) is 70.5 Å². The zero-order valence-corrected chi connectivity index (χ0v) is 25.0. The van der Waals surface area contributed by atoms with Crippen molar-refractivity contribution in [2.45, 2.75) is 52.4 Å². The number of nitrogens with zero attached hydrogens (tertiary/aromatic N) is 2. The van der Waals surface area contributed by atoms with Crippen LogP contribution in [0, 0.1) is 0 Å². The second-order valence-electron chi connectivity index (χ2n) is 12.8. The third kappa shape index (κ3) is 4.45. The molecule has 7 aromatic rings. The van der Waals surface area contributed by atoms with Crippen LogP contribution in [-0.2, 0) is 10.8 Å². The normalized spacial score (nSPS) is 12.6. The Morgan fingerprint density at radius 1 is 0.732 bits per heavy atom. The minimum Gasteiger partial charge on any atom is -0.453 e. The van der Waals surface area contributed by atoms with E-state index in [-0.39, 0.29) is 10.8 Å². The van der Waals surface area contributed by atoms with E-state index in [9.17, 15) is 0 Å². The zero-order chi connectivity index (χ0) is 28.5. The van der Waals surface area contributed by atoms with Gasteiger partial charge >= 0.3 is 0 Å². The fraction of sp³-hybridized carbons (Fsp3) is 0.222. The van der Waals surface area contributed by atoms with Crippen LogP contribution in [0.25, 0.3) is 53.9 Å². The molecule has 0 atom stereocenters. The Balaban J connectivity index is 1.36. The quantitative estimate of drug-likeness (QED) is 0.216. The van der Waals surface area contributed by atoms with Crippen molar-refractivity contribution >= 4 is 42.7 Å². The van der Waals surface area contributed by atoms with Gasteiger partial charge in [0.05, 0.1) is 16.8 Å². The Bertz CT molecular complexity index is 2040. The second kappa shape index (κ2) is 9.15. The lowest BCUT2D eigenvalue weighted by molar-refractivity contribution is 0.477. The number of ether oxygens (including phenoxy) is 1. The molecule has 0 bridgehead atoms. The fourth-order valence-corrected chi connectivity index (χ4v) is 6.61. The Morgan fingerprint density at radius 3 is 2.29 bits per heavy atom. The van der Waals surface area contributed by atoms with E-state index in [1.165, 1.54) is 20.5 Å². The van der Waals surface area contributed by atoms with Crippen LogP contribution in [0.15, 0.2) is 89.6 Å². The Kier molecular flexibility index (Phi) is 5.74. The molecule has 4 aromatic heterocycles. The molecule has 0 fully saturated rings. The van der Waals surface area contributed by atoms with Crippen molar-refractivity contribution in [2.75, 3.05) is 0 Å². The molecule has 0 aliphatic heterocycles. The first-order chi connectivity index (χ1) is 19.6. The fourth-order valence-electron chi connectivity index (χ4n) is 5.37. The first-order valence-electron chi connectivity index (χ1n) is 14.0. The molecule has 0 saturated heterocycles. The maximum absolute atomic E-state index is 6.64. The van der Waals surface area contributed by atoms with Crippen LogP contribution in [0.4, 0.5) is 0 Å². The minimum absolute atomic E-state index is 0.0139. The van der Waals surface area contributed by atoms with Gasteiger partial charge in [-0.2, -0.15) is 0 Å². The molecule has 0 aliphatic carbocycles. The largest absolute Gasteiger partial charge is 0.453 e. The maximum Gasteiger partial charge on any atom is 0.179 e. The summed E-state index contributed by atoms with van der Waals surface area (Å²) in [6, 6.07) is 25.0. The van der Waals surface area contributed by atoms with E-state index in [0.717, 1.165) is 50.2 Å². The lowest BCUT2D eigenvalue weighted by Crippen LogP contribution is -2.11. The van der Waals surface area contributed by atoms with E-state index in [2.05, 4.69) is 90.1 Å². The molecule has 0 spiro atoms. The molecule has 0 radical (unpaired) electrons. The van der Waals surface area contributed by atoms with Crippen LogP contribution in [0.1, 0.15) is 52.7 Å². The van der Waals surface area contributed by atoms with Gasteiger partial charge in [0.15, 0.2) is 11.3 Å². The predicted molar refractivity (Wildman–Crippen MR) is 171 cm³/mol. The minimum atomic E-state index is 0.0139. The summed E-state index contributed by atoms with van der Waals surface area (Å²) >= 11 is 1.79. The number of aromatic nitrogens is 2. The van der Waals surface area contributed by atoms with Gasteiger partial charge in [-0.1, -0.05) is 65.8 Å². The van der Waals surface area contributed by atoms with Crippen LogP contribution < -0.4 is 4.74 Å². The third-order valence-electron chi connectivity index (χ3n) is 7.75. The molecule has 3 aromatic carbocycles. The van der Waals surface area contributed by atoms with Gasteiger partial charge in [-0.25, -0.2) is 0 Å². The summed E-state index contributed by atoms with van der Waals surface area (Å²) in [4.78, 5) is 9.58. The molecule has 0 N–H and O–H groups in total. The predicted octanol–water partition coefficient (Wildman–Crippen LogP) is 10.7. The van der Waals surface area contributed by atoms with Gasteiger partial charge in [0.25, 0.3) is 0 Å². The van der Waals surface area contributed by atoms with Gasteiger partial charge in [-0.15, -0.1) is 11.3 Å². The number of benzene rings is 3. The first kappa shape index (κ1) is 25.7. The Labute approximate surface area is 244 Å². The molecule has 0 saturated carbocycles. The molecule has 204 valence electrons. The van der Waals surface area contributed by atoms with Gasteiger partial charge in [0.1, 0.15) is 11.3 Å². The van der Waals surface area contributed by atoms with Crippen molar-refractivity contribution in [1.29, 1.82) is 0 Å². The number of furan rings is 1. The summed E-state index contributed by atoms with van der Waals surface area (Å²) < 4.78 is 15.4. The zero-order valence-electron chi connectivity index (χ0n) is 24.2. The standard InChI is InChI=1S/C36H32N2O2S/c1-35(2,3)22-15-16-37-27(18-22)25-19-29(33-32-31-28(40-33)11-8-12-30(31)41-34(25)32)39-24-10-7-9-21(17-24)26-14-13-23(20-38-26)36(4,5)6/h7-20H,1-6H3. The van der Waals surface area contributed by atoms with E-state index in [0.29, 0.717) is 5.75 Å². The summed E-state index contributed by atoms with van der Waals surface area (Å²) in [6.45, 7) is 13.3. The molecule has 0 amide bonds. The van der Waals surface area contributed by atoms with E-state index >= 15 is 0 Å². The van der Waals surface area contributed by atoms with Crippen LogP contribution in [0.2, 0.25) is 0 Å².